The monoisotopic (exact) mass is 451 g/mol. The molecule has 2 N–H and O–H groups in total. The van der Waals surface area contributed by atoms with Crippen molar-refractivity contribution in [2.24, 2.45) is 10.9 Å². The number of aliphatic imine (C=N–C) groups is 1. The number of nitrogens with zero attached hydrogens (tertiary/aromatic N) is 3. The van der Waals surface area contributed by atoms with Gasteiger partial charge < -0.3 is 20.4 Å². The zero-order valence-electron chi connectivity index (χ0n) is 15.9. The van der Waals surface area contributed by atoms with Crippen molar-refractivity contribution in [3.8, 4) is 0 Å². The highest BCUT2D eigenvalue weighted by atomic mass is 127. The lowest BCUT2D eigenvalue weighted by atomic mass is 10.0. The summed E-state index contributed by atoms with van der Waals surface area (Å²) in [6.07, 6.45) is 6.63. The Morgan fingerprint density at radius 2 is 2.00 bits per heavy atom. The number of piperidine rings is 1. The average Bonchev–Trinajstić information content (AvgIpc) is 2.96. The Labute approximate surface area is 166 Å². The minimum absolute atomic E-state index is 0. The molecule has 0 bridgehead atoms. The summed E-state index contributed by atoms with van der Waals surface area (Å²) in [5.41, 5.74) is 0. The molecule has 0 amide bonds. The third-order valence-electron chi connectivity index (χ3n) is 5.20. The number of guanidine groups is 1. The Bertz CT molecular complexity index is 363. The van der Waals surface area contributed by atoms with Gasteiger partial charge in [0, 0.05) is 38.8 Å². The Morgan fingerprint density at radius 3 is 2.67 bits per heavy atom. The maximum Gasteiger partial charge on any atom is 0.191 e. The molecule has 2 rings (SSSR count). The van der Waals surface area contributed by atoms with E-state index < -0.39 is 0 Å². The molecule has 5 nitrogen and oxygen atoms in total. The fourth-order valence-corrected chi connectivity index (χ4v) is 3.72. The van der Waals surface area contributed by atoms with Gasteiger partial charge in [-0.1, -0.05) is 6.42 Å². The first-order valence-corrected chi connectivity index (χ1v) is 9.63. The zero-order valence-corrected chi connectivity index (χ0v) is 18.2. The predicted molar refractivity (Wildman–Crippen MR) is 115 cm³/mol. The van der Waals surface area contributed by atoms with Crippen molar-refractivity contribution in [1.29, 1.82) is 0 Å². The van der Waals surface area contributed by atoms with Gasteiger partial charge in [-0.15, -0.1) is 24.0 Å². The van der Waals surface area contributed by atoms with Crippen LogP contribution in [0.4, 0.5) is 0 Å². The minimum atomic E-state index is 0. The van der Waals surface area contributed by atoms with Crippen molar-refractivity contribution >= 4 is 29.9 Å². The maximum absolute atomic E-state index is 4.78. The SMILES string of the molecule is CCNC(=NCC1CCN(C)C1)NCCCN1CCCCC1C.I. The highest BCUT2D eigenvalue weighted by Crippen LogP contribution is 2.16. The van der Waals surface area contributed by atoms with Gasteiger partial charge in [-0.2, -0.15) is 0 Å². The molecule has 2 heterocycles. The summed E-state index contributed by atoms with van der Waals surface area (Å²) >= 11 is 0. The van der Waals surface area contributed by atoms with Crippen LogP contribution in [-0.2, 0) is 0 Å². The van der Waals surface area contributed by atoms with Gasteiger partial charge in [0.15, 0.2) is 5.96 Å². The standard InChI is InChI=1S/C18H37N5.HI/c1-4-19-18(21-14-17-9-13-22(3)15-17)20-10-7-12-23-11-6-5-8-16(23)2;/h16-17H,4-15H2,1-3H3,(H2,19,20,21);1H. The lowest BCUT2D eigenvalue weighted by Crippen LogP contribution is -2.41. The van der Waals surface area contributed by atoms with Crippen molar-refractivity contribution in [2.75, 3.05) is 52.9 Å². The fourth-order valence-electron chi connectivity index (χ4n) is 3.72. The van der Waals surface area contributed by atoms with Gasteiger partial charge >= 0.3 is 0 Å². The van der Waals surface area contributed by atoms with Gasteiger partial charge in [-0.25, -0.2) is 0 Å². The van der Waals surface area contributed by atoms with E-state index in [0.717, 1.165) is 37.6 Å². The van der Waals surface area contributed by atoms with Gasteiger partial charge in [0.2, 0.25) is 0 Å². The van der Waals surface area contributed by atoms with Crippen molar-refractivity contribution in [3.63, 3.8) is 0 Å². The molecule has 2 unspecified atom stereocenters. The fraction of sp³-hybridized carbons (Fsp3) is 0.944. The summed E-state index contributed by atoms with van der Waals surface area (Å²) in [4.78, 5) is 9.83. The summed E-state index contributed by atoms with van der Waals surface area (Å²) in [5.74, 6) is 1.72. The molecule has 2 saturated heterocycles. The number of hydrogen-bond donors (Lipinski definition) is 2. The second kappa shape index (κ2) is 12.3. The summed E-state index contributed by atoms with van der Waals surface area (Å²) in [6.45, 7) is 12.3. The normalized spacial score (nSPS) is 26.2. The maximum atomic E-state index is 4.78. The molecule has 6 heteroatoms. The Balaban J connectivity index is 0.00000288. The van der Waals surface area contributed by atoms with Crippen LogP contribution in [-0.4, -0.2) is 74.7 Å². The van der Waals surface area contributed by atoms with Crippen molar-refractivity contribution in [2.45, 2.75) is 52.0 Å². The van der Waals surface area contributed by atoms with E-state index in [1.54, 1.807) is 0 Å². The summed E-state index contributed by atoms with van der Waals surface area (Å²) in [7, 11) is 2.20. The van der Waals surface area contributed by atoms with Crippen LogP contribution in [0.3, 0.4) is 0 Å². The lowest BCUT2D eigenvalue weighted by Gasteiger charge is -2.33. The van der Waals surface area contributed by atoms with E-state index >= 15 is 0 Å². The van der Waals surface area contributed by atoms with E-state index in [0.29, 0.717) is 0 Å². The average molecular weight is 451 g/mol. The van der Waals surface area contributed by atoms with Crippen molar-refractivity contribution in [3.05, 3.63) is 0 Å². The van der Waals surface area contributed by atoms with Crippen LogP contribution < -0.4 is 10.6 Å². The molecule has 2 aliphatic heterocycles. The molecule has 0 spiro atoms. The highest BCUT2D eigenvalue weighted by molar-refractivity contribution is 14.0. The van der Waals surface area contributed by atoms with Crippen LogP contribution in [0.2, 0.25) is 0 Å². The van der Waals surface area contributed by atoms with E-state index in [9.17, 15) is 0 Å². The molecule has 2 atom stereocenters. The zero-order chi connectivity index (χ0) is 16.5. The molecule has 0 aromatic rings. The van der Waals surface area contributed by atoms with Crippen LogP contribution in [0.25, 0.3) is 0 Å². The number of halogens is 1. The predicted octanol–water partition coefficient (Wildman–Crippen LogP) is 2.38. The molecule has 0 aromatic carbocycles. The minimum Gasteiger partial charge on any atom is -0.357 e. The molecular weight excluding hydrogens is 413 g/mol. The second-order valence-electron chi connectivity index (χ2n) is 7.30. The number of likely N-dealkylation sites (tertiary alicyclic amines) is 2. The first-order valence-electron chi connectivity index (χ1n) is 9.63. The van der Waals surface area contributed by atoms with E-state index in [-0.39, 0.29) is 24.0 Å². The topological polar surface area (TPSA) is 42.9 Å². The highest BCUT2D eigenvalue weighted by Gasteiger charge is 2.19. The van der Waals surface area contributed by atoms with Crippen LogP contribution >= 0.6 is 24.0 Å². The Hall–Kier alpha value is -0.0800. The quantitative estimate of drug-likeness (QED) is 0.270. The first kappa shape index (κ1) is 22.0. The van der Waals surface area contributed by atoms with E-state index in [4.69, 9.17) is 4.99 Å². The molecule has 0 aromatic heterocycles. The van der Waals surface area contributed by atoms with Gasteiger partial charge in [-0.3, -0.25) is 4.99 Å². The molecule has 0 radical (unpaired) electrons. The van der Waals surface area contributed by atoms with Crippen LogP contribution in [0, 0.1) is 5.92 Å². The van der Waals surface area contributed by atoms with E-state index in [2.05, 4.69) is 41.3 Å². The van der Waals surface area contributed by atoms with Crippen molar-refractivity contribution < 1.29 is 0 Å². The summed E-state index contributed by atoms with van der Waals surface area (Å²) < 4.78 is 0. The second-order valence-corrected chi connectivity index (χ2v) is 7.30. The molecular formula is C18H38IN5. The summed E-state index contributed by atoms with van der Waals surface area (Å²) in [6, 6.07) is 0.769. The largest absolute Gasteiger partial charge is 0.357 e. The van der Waals surface area contributed by atoms with E-state index in [1.165, 1.54) is 58.3 Å². The molecule has 0 saturated carbocycles. The van der Waals surface area contributed by atoms with Crippen LogP contribution in [0.5, 0.6) is 0 Å². The smallest absolute Gasteiger partial charge is 0.191 e. The Morgan fingerprint density at radius 1 is 1.17 bits per heavy atom. The van der Waals surface area contributed by atoms with Crippen LogP contribution in [0.1, 0.15) is 46.0 Å². The van der Waals surface area contributed by atoms with Gasteiger partial charge in [-0.05, 0) is 65.6 Å². The Kier molecular flexibility index (Phi) is 11.3. The molecule has 24 heavy (non-hydrogen) atoms. The van der Waals surface area contributed by atoms with E-state index in [1.807, 2.05) is 0 Å². The van der Waals surface area contributed by atoms with Crippen LogP contribution in [0.15, 0.2) is 4.99 Å². The van der Waals surface area contributed by atoms with Gasteiger partial charge in [0.1, 0.15) is 0 Å². The molecule has 2 fully saturated rings. The summed E-state index contributed by atoms with van der Waals surface area (Å²) in [5, 5.41) is 6.89. The third kappa shape index (κ3) is 7.87. The number of nitrogens with one attached hydrogen (secondary N) is 2. The van der Waals surface area contributed by atoms with Gasteiger partial charge in [0.25, 0.3) is 0 Å². The number of rotatable bonds is 7. The number of hydrogen-bond acceptors (Lipinski definition) is 3. The first-order chi connectivity index (χ1) is 11.2. The third-order valence-corrected chi connectivity index (χ3v) is 5.20. The van der Waals surface area contributed by atoms with Crippen molar-refractivity contribution in [1.82, 2.24) is 20.4 Å². The lowest BCUT2D eigenvalue weighted by molar-refractivity contribution is 0.159. The molecule has 0 aliphatic carbocycles. The van der Waals surface area contributed by atoms with Gasteiger partial charge in [0.05, 0.1) is 0 Å². The molecule has 2 aliphatic rings. The molecule has 142 valence electrons.